The smallest absolute Gasteiger partial charge is 0.250 e. The van der Waals surface area contributed by atoms with E-state index in [9.17, 15) is 9.60 Å². The molecule has 0 saturated heterocycles. The van der Waals surface area contributed by atoms with Crippen LogP contribution in [0, 0.1) is 5.82 Å². The van der Waals surface area contributed by atoms with Gasteiger partial charge >= 0.3 is 0 Å². The summed E-state index contributed by atoms with van der Waals surface area (Å²) in [6.45, 7) is 5.71. The number of aromatic nitrogens is 4. The van der Waals surface area contributed by atoms with Gasteiger partial charge in [0, 0.05) is 5.69 Å². The van der Waals surface area contributed by atoms with Gasteiger partial charge in [-0.25, -0.2) is 29.4 Å². The first-order valence-corrected chi connectivity index (χ1v) is 8.38. The minimum atomic E-state index is -0.540. The van der Waals surface area contributed by atoms with Crippen molar-refractivity contribution in [3.8, 4) is 0 Å². The van der Waals surface area contributed by atoms with Crippen LogP contribution < -0.4 is 10.4 Å². The van der Waals surface area contributed by atoms with E-state index in [1.54, 1.807) is 0 Å². The largest absolute Gasteiger partial charge is 0.338 e. The molecule has 0 aliphatic heterocycles. The molecule has 0 radical (unpaired) electrons. The number of anilines is 3. The highest BCUT2D eigenvalue weighted by molar-refractivity contribution is 6.31. The number of benzene rings is 1. The summed E-state index contributed by atoms with van der Waals surface area (Å²) in [5.41, 5.74) is 0.929. The van der Waals surface area contributed by atoms with Crippen molar-refractivity contribution in [3.05, 3.63) is 41.6 Å². The monoisotopic (exact) mass is 376 g/mol. The van der Waals surface area contributed by atoms with Crippen LogP contribution in [0.2, 0.25) is 5.02 Å². The maximum absolute atomic E-state index is 13.3. The number of halogens is 2. The second kappa shape index (κ2) is 6.97. The Morgan fingerprint density at radius 3 is 2.73 bits per heavy atom. The van der Waals surface area contributed by atoms with Gasteiger partial charge in [-0.3, -0.25) is 5.21 Å². The fourth-order valence-electron chi connectivity index (χ4n) is 2.17. The third-order valence-corrected chi connectivity index (χ3v) is 4.46. The predicted molar refractivity (Wildman–Crippen MR) is 98.5 cm³/mol. The molecule has 0 saturated carbocycles. The van der Waals surface area contributed by atoms with Crippen molar-refractivity contribution in [2.24, 2.45) is 0 Å². The summed E-state index contributed by atoms with van der Waals surface area (Å²) in [7, 11) is 0. The molecule has 7 nitrogen and oxygen atoms in total. The van der Waals surface area contributed by atoms with Crippen LogP contribution in [0.1, 0.15) is 27.2 Å². The van der Waals surface area contributed by atoms with Crippen molar-refractivity contribution in [2.75, 3.05) is 10.4 Å². The lowest BCUT2D eigenvalue weighted by Crippen LogP contribution is -2.42. The van der Waals surface area contributed by atoms with Crippen molar-refractivity contribution in [1.29, 1.82) is 0 Å². The van der Waals surface area contributed by atoms with E-state index in [1.165, 1.54) is 30.7 Å². The van der Waals surface area contributed by atoms with Gasteiger partial charge in [0.25, 0.3) is 5.95 Å². The van der Waals surface area contributed by atoms with Crippen LogP contribution >= 0.6 is 11.6 Å². The maximum Gasteiger partial charge on any atom is 0.250 e. The van der Waals surface area contributed by atoms with Crippen molar-refractivity contribution in [2.45, 2.75) is 32.7 Å². The Balaban J connectivity index is 2.03. The lowest BCUT2D eigenvalue weighted by atomic mass is 10.0. The molecule has 0 aliphatic rings. The predicted octanol–water partition coefficient (Wildman–Crippen LogP) is 4.34. The summed E-state index contributed by atoms with van der Waals surface area (Å²) in [4.78, 5) is 16.9. The fourth-order valence-corrected chi connectivity index (χ4v) is 2.35. The van der Waals surface area contributed by atoms with Crippen LogP contribution in [0.25, 0.3) is 11.0 Å². The lowest BCUT2D eigenvalue weighted by Gasteiger charge is -2.32. The van der Waals surface area contributed by atoms with Gasteiger partial charge in [-0.2, -0.15) is 0 Å². The molecule has 3 rings (SSSR count). The average Bonchev–Trinajstić information content (AvgIpc) is 2.64. The van der Waals surface area contributed by atoms with Gasteiger partial charge in [0.1, 0.15) is 23.2 Å². The summed E-state index contributed by atoms with van der Waals surface area (Å²) in [5.74, 6) is 0.0236. The molecule has 1 aromatic carbocycles. The number of nitrogens with zero attached hydrogens (tertiary/aromatic N) is 5. The molecule has 2 aromatic heterocycles. The summed E-state index contributed by atoms with van der Waals surface area (Å²) >= 11 is 5.82. The van der Waals surface area contributed by atoms with E-state index in [-0.39, 0.29) is 11.0 Å². The molecular formula is C17H18ClFN6O. The molecule has 2 heterocycles. The molecular weight excluding hydrogens is 359 g/mol. The van der Waals surface area contributed by atoms with E-state index in [1.807, 2.05) is 20.8 Å². The van der Waals surface area contributed by atoms with Crippen molar-refractivity contribution in [1.82, 2.24) is 19.9 Å². The molecule has 0 fully saturated rings. The van der Waals surface area contributed by atoms with Crippen LogP contribution in [0.5, 0.6) is 0 Å². The van der Waals surface area contributed by atoms with Gasteiger partial charge in [0.15, 0.2) is 5.82 Å². The molecule has 0 bridgehead atoms. The molecule has 26 heavy (non-hydrogen) atoms. The molecule has 0 atom stereocenters. The maximum atomic E-state index is 13.3. The SMILES string of the molecule is CCC(C)(C)N(O)c1ncc2ncnc(Nc3ccc(F)c(Cl)c3)c2n1. The summed E-state index contributed by atoms with van der Waals surface area (Å²) < 4.78 is 13.3. The van der Waals surface area contributed by atoms with Gasteiger partial charge in [-0.1, -0.05) is 18.5 Å². The topological polar surface area (TPSA) is 87.1 Å². The zero-order valence-electron chi connectivity index (χ0n) is 14.5. The number of hydrogen-bond acceptors (Lipinski definition) is 7. The summed E-state index contributed by atoms with van der Waals surface area (Å²) in [5, 5.41) is 14.5. The zero-order valence-corrected chi connectivity index (χ0v) is 15.3. The van der Waals surface area contributed by atoms with E-state index in [4.69, 9.17) is 11.6 Å². The first-order chi connectivity index (χ1) is 12.3. The number of hydroxylamine groups is 1. The highest BCUT2D eigenvalue weighted by atomic mass is 35.5. The lowest BCUT2D eigenvalue weighted by molar-refractivity contribution is 0.161. The minimum absolute atomic E-state index is 0.00472. The third kappa shape index (κ3) is 3.51. The summed E-state index contributed by atoms with van der Waals surface area (Å²) in [6.07, 6.45) is 3.57. The van der Waals surface area contributed by atoms with Crippen LogP contribution in [0.4, 0.5) is 21.8 Å². The van der Waals surface area contributed by atoms with Gasteiger partial charge in [0.05, 0.1) is 16.8 Å². The zero-order chi connectivity index (χ0) is 18.9. The van der Waals surface area contributed by atoms with Crippen LogP contribution in [-0.4, -0.2) is 30.7 Å². The van der Waals surface area contributed by atoms with Gasteiger partial charge in [-0.05, 0) is 38.5 Å². The van der Waals surface area contributed by atoms with E-state index in [0.717, 1.165) is 5.06 Å². The molecule has 0 spiro atoms. The first kappa shape index (κ1) is 18.2. The second-order valence-electron chi connectivity index (χ2n) is 6.36. The standard InChI is InChI=1S/C17H18ClFN6O/c1-4-17(2,3)25(26)16-20-8-13-14(24-16)15(22-9-21-13)23-10-5-6-12(19)11(18)7-10/h5-9,26H,4H2,1-3H3,(H,21,22,23). The molecule has 0 amide bonds. The Kier molecular flexibility index (Phi) is 4.88. The Hall–Kier alpha value is -2.58. The van der Waals surface area contributed by atoms with Gasteiger partial charge < -0.3 is 5.32 Å². The van der Waals surface area contributed by atoms with Gasteiger partial charge in [-0.15, -0.1) is 0 Å². The molecule has 0 aliphatic carbocycles. The Morgan fingerprint density at radius 2 is 2.04 bits per heavy atom. The fraction of sp³-hybridized carbons (Fsp3) is 0.294. The quantitative estimate of drug-likeness (QED) is 0.640. The number of nitrogens with one attached hydrogen (secondary N) is 1. The average molecular weight is 377 g/mol. The van der Waals surface area contributed by atoms with Gasteiger partial charge in [0.2, 0.25) is 0 Å². The molecule has 3 aromatic rings. The minimum Gasteiger partial charge on any atom is -0.338 e. The number of fused-ring (bicyclic) bond motifs is 1. The van der Waals surface area contributed by atoms with E-state index < -0.39 is 11.4 Å². The highest BCUT2D eigenvalue weighted by Crippen LogP contribution is 2.27. The van der Waals surface area contributed by atoms with Crippen molar-refractivity contribution < 1.29 is 9.60 Å². The highest BCUT2D eigenvalue weighted by Gasteiger charge is 2.26. The van der Waals surface area contributed by atoms with Crippen LogP contribution in [0.3, 0.4) is 0 Å². The van der Waals surface area contributed by atoms with E-state index in [0.29, 0.717) is 29.0 Å². The third-order valence-electron chi connectivity index (χ3n) is 4.18. The number of rotatable bonds is 5. The number of hydrogen-bond donors (Lipinski definition) is 2. The van der Waals surface area contributed by atoms with Crippen LogP contribution in [0.15, 0.2) is 30.7 Å². The molecule has 9 heteroatoms. The Bertz CT molecular complexity index is 952. The molecule has 0 unspecified atom stereocenters. The molecule has 2 N–H and O–H groups in total. The normalized spacial score (nSPS) is 11.6. The van der Waals surface area contributed by atoms with E-state index in [2.05, 4.69) is 25.3 Å². The van der Waals surface area contributed by atoms with E-state index >= 15 is 0 Å². The van der Waals surface area contributed by atoms with Crippen molar-refractivity contribution >= 4 is 40.1 Å². The molecule has 136 valence electrons. The summed E-state index contributed by atoms with van der Waals surface area (Å²) in [6, 6.07) is 4.24. The Morgan fingerprint density at radius 1 is 1.27 bits per heavy atom. The van der Waals surface area contributed by atoms with Crippen molar-refractivity contribution in [3.63, 3.8) is 0 Å². The first-order valence-electron chi connectivity index (χ1n) is 8.01. The second-order valence-corrected chi connectivity index (χ2v) is 6.77. The van der Waals surface area contributed by atoms with Crippen LogP contribution in [-0.2, 0) is 0 Å². The Labute approximate surface area is 154 Å².